The summed E-state index contributed by atoms with van der Waals surface area (Å²) < 4.78 is 5.49. The van der Waals surface area contributed by atoms with Crippen molar-refractivity contribution in [3.8, 4) is 27.9 Å². The van der Waals surface area contributed by atoms with Crippen LogP contribution in [0.5, 0.6) is 0 Å². The van der Waals surface area contributed by atoms with Gasteiger partial charge in [0.05, 0.1) is 23.7 Å². The molecule has 1 aliphatic rings. The van der Waals surface area contributed by atoms with E-state index in [0.717, 1.165) is 39.7 Å². The zero-order valence-electron chi connectivity index (χ0n) is 19.0. The van der Waals surface area contributed by atoms with Crippen LogP contribution in [0.4, 0.5) is 21.2 Å². The minimum atomic E-state index is -0.327. The van der Waals surface area contributed by atoms with Crippen molar-refractivity contribution in [1.29, 1.82) is 5.26 Å². The molecule has 35 heavy (non-hydrogen) atoms. The number of aryl methyl sites for hydroxylation is 1. The van der Waals surface area contributed by atoms with E-state index in [1.807, 2.05) is 55.5 Å². The Bertz CT molecular complexity index is 1350. The summed E-state index contributed by atoms with van der Waals surface area (Å²) in [5.74, 6) is 0.612. The predicted molar refractivity (Wildman–Crippen MR) is 137 cm³/mol. The Morgan fingerprint density at radius 3 is 2.34 bits per heavy atom. The van der Waals surface area contributed by atoms with Crippen LogP contribution in [0.3, 0.4) is 0 Å². The molecule has 1 aliphatic heterocycles. The largest absolute Gasteiger partial charge is 0.378 e. The fourth-order valence-electron chi connectivity index (χ4n) is 3.92. The molecule has 2 amide bonds. The molecule has 2 aromatic heterocycles. The quantitative estimate of drug-likeness (QED) is 0.371. The van der Waals surface area contributed by atoms with Crippen LogP contribution in [0.1, 0.15) is 11.1 Å². The molecular weight excluding hydrogens is 462 g/mol. The summed E-state index contributed by atoms with van der Waals surface area (Å²) >= 11 is 1.52. The molecule has 3 heterocycles. The molecule has 4 aromatic rings. The number of hydrogen-bond donors (Lipinski definition) is 3. The summed E-state index contributed by atoms with van der Waals surface area (Å²) in [6.07, 6.45) is 1.46. The normalized spacial score (nSPS) is 13.3. The first-order valence-electron chi connectivity index (χ1n) is 11.1. The molecule has 9 nitrogen and oxygen atoms in total. The van der Waals surface area contributed by atoms with Crippen molar-refractivity contribution in [3.63, 3.8) is 0 Å². The highest BCUT2D eigenvalue weighted by Gasteiger charge is 2.26. The van der Waals surface area contributed by atoms with E-state index < -0.39 is 0 Å². The van der Waals surface area contributed by atoms with Gasteiger partial charge in [-0.05, 0) is 36.8 Å². The zero-order chi connectivity index (χ0) is 24.2. The predicted octanol–water partition coefficient (Wildman–Crippen LogP) is 4.86. The van der Waals surface area contributed by atoms with Crippen LogP contribution in [0.25, 0.3) is 21.8 Å². The second kappa shape index (κ2) is 9.97. The lowest BCUT2D eigenvalue weighted by Crippen LogP contribution is -2.36. The number of amides is 2. The Kier molecular flexibility index (Phi) is 6.43. The number of morpholine rings is 1. The fourth-order valence-corrected chi connectivity index (χ4v) is 5.19. The number of nitrogens with zero attached hydrogens (tertiary/aromatic N) is 4. The van der Waals surface area contributed by atoms with E-state index in [0.29, 0.717) is 36.0 Å². The number of ether oxygens (including phenoxy) is 1. The molecule has 176 valence electrons. The maximum absolute atomic E-state index is 12.4. The van der Waals surface area contributed by atoms with Gasteiger partial charge >= 0.3 is 6.03 Å². The lowest BCUT2D eigenvalue weighted by Gasteiger charge is -2.27. The van der Waals surface area contributed by atoms with Gasteiger partial charge < -0.3 is 20.3 Å². The lowest BCUT2D eigenvalue weighted by molar-refractivity contribution is 0.123. The summed E-state index contributed by atoms with van der Waals surface area (Å²) in [7, 11) is 0. The van der Waals surface area contributed by atoms with E-state index in [9.17, 15) is 10.1 Å². The van der Waals surface area contributed by atoms with Crippen LogP contribution in [0.2, 0.25) is 0 Å². The number of carbonyl (C=O) groups excluding carboxylic acids is 1. The summed E-state index contributed by atoms with van der Waals surface area (Å²) in [4.78, 5) is 19.8. The van der Waals surface area contributed by atoms with Gasteiger partial charge in [-0.3, -0.25) is 5.10 Å². The zero-order valence-corrected chi connectivity index (χ0v) is 19.9. The highest BCUT2D eigenvalue weighted by Crippen LogP contribution is 2.46. The number of urea groups is 1. The summed E-state index contributed by atoms with van der Waals surface area (Å²) in [6.45, 7) is 4.70. The first-order valence-corrected chi connectivity index (χ1v) is 11.9. The molecule has 0 radical (unpaired) electrons. The maximum Gasteiger partial charge on any atom is 0.323 e. The summed E-state index contributed by atoms with van der Waals surface area (Å²) in [6, 6.07) is 17.1. The van der Waals surface area contributed by atoms with E-state index in [1.165, 1.54) is 17.7 Å². The van der Waals surface area contributed by atoms with Crippen LogP contribution in [0.15, 0.2) is 54.9 Å². The van der Waals surface area contributed by atoms with Gasteiger partial charge in [-0.25, -0.2) is 9.78 Å². The number of aromatic amines is 1. The Morgan fingerprint density at radius 1 is 1.09 bits per heavy atom. The number of nitriles is 1. The minimum Gasteiger partial charge on any atom is -0.378 e. The maximum atomic E-state index is 12.4. The van der Waals surface area contributed by atoms with Gasteiger partial charge in [0.2, 0.25) is 0 Å². The molecular formula is C25H23N7O2S. The van der Waals surface area contributed by atoms with Crippen LogP contribution in [-0.2, 0) is 4.74 Å². The summed E-state index contributed by atoms with van der Waals surface area (Å²) in [5, 5.41) is 23.6. The number of rotatable bonds is 5. The van der Waals surface area contributed by atoms with Crippen molar-refractivity contribution in [2.75, 3.05) is 41.8 Å². The number of aromatic nitrogens is 3. The molecule has 1 saturated heterocycles. The number of carbonyl (C=O) groups is 1. The number of H-pyrrole nitrogens is 1. The van der Waals surface area contributed by atoms with Crippen molar-refractivity contribution < 1.29 is 9.53 Å². The van der Waals surface area contributed by atoms with E-state index in [1.54, 1.807) is 0 Å². The van der Waals surface area contributed by atoms with Crippen molar-refractivity contribution >= 4 is 33.7 Å². The number of anilines is 3. The van der Waals surface area contributed by atoms with Crippen molar-refractivity contribution in [3.05, 3.63) is 66.0 Å². The van der Waals surface area contributed by atoms with Crippen molar-refractivity contribution in [2.45, 2.75) is 6.92 Å². The van der Waals surface area contributed by atoms with Crippen molar-refractivity contribution in [2.24, 2.45) is 0 Å². The number of thiophene rings is 1. The second-order valence-corrected chi connectivity index (χ2v) is 9.05. The first kappa shape index (κ1) is 22.6. The molecule has 1 fully saturated rings. The molecule has 5 rings (SSSR count). The van der Waals surface area contributed by atoms with Gasteiger partial charge in [-0.15, -0.1) is 11.3 Å². The van der Waals surface area contributed by atoms with Gasteiger partial charge in [-0.1, -0.05) is 29.8 Å². The van der Waals surface area contributed by atoms with Crippen LogP contribution >= 0.6 is 11.3 Å². The van der Waals surface area contributed by atoms with E-state index >= 15 is 0 Å². The molecule has 0 spiro atoms. The SMILES string of the molecule is Cc1ccc(NC(=O)Nc2ccc(-c3c(-c4ncn[nH]4)sc(N4CCOCC4)c3C#N)cc2)cc1. The van der Waals surface area contributed by atoms with Gasteiger partial charge in [0.25, 0.3) is 0 Å². The van der Waals surface area contributed by atoms with Crippen LogP contribution in [0, 0.1) is 18.3 Å². The van der Waals surface area contributed by atoms with Gasteiger partial charge in [0.15, 0.2) is 5.82 Å². The van der Waals surface area contributed by atoms with E-state index in [4.69, 9.17) is 4.74 Å². The lowest BCUT2D eigenvalue weighted by atomic mass is 10.0. The molecule has 0 bridgehead atoms. The summed E-state index contributed by atoms with van der Waals surface area (Å²) in [5.41, 5.74) is 4.73. The molecule has 0 unspecified atom stereocenters. The van der Waals surface area contributed by atoms with Crippen LogP contribution < -0.4 is 15.5 Å². The smallest absolute Gasteiger partial charge is 0.323 e. The number of nitrogens with one attached hydrogen (secondary N) is 3. The molecule has 0 atom stereocenters. The second-order valence-electron chi connectivity index (χ2n) is 8.05. The fraction of sp³-hybridized carbons (Fsp3) is 0.200. The first-order chi connectivity index (χ1) is 17.1. The number of benzene rings is 2. The standard InChI is InChI=1S/C25H23N7O2S/c1-16-2-6-18(7-3-16)29-25(33)30-19-8-4-17(5-9-19)21-20(14-26)24(32-10-12-34-13-11-32)35-22(21)23-27-15-28-31-23/h2-9,15H,10-13H2,1H3,(H,27,28,31)(H2,29,30,33). The van der Waals surface area contributed by atoms with Crippen LogP contribution in [-0.4, -0.2) is 47.5 Å². The average molecular weight is 486 g/mol. The van der Waals surface area contributed by atoms with Gasteiger partial charge in [0, 0.05) is 30.0 Å². The highest BCUT2D eigenvalue weighted by molar-refractivity contribution is 7.20. The third kappa shape index (κ3) is 4.87. The molecule has 3 N–H and O–H groups in total. The topological polar surface area (TPSA) is 119 Å². The average Bonchev–Trinajstić information content (AvgIpc) is 3.54. The monoisotopic (exact) mass is 485 g/mol. The number of hydrogen-bond acceptors (Lipinski definition) is 7. The third-order valence-electron chi connectivity index (χ3n) is 5.67. The minimum absolute atomic E-state index is 0.327. The highest BCUT2D eigenvalue weighted by atomic mass is 32.1. The third-order valence-corrected chi connectivity index (χ3v) is 6.93. The Hall–Kier alpha value is -4.20. The molecule has 10 heteroatoms. The Morgan fingerprint density at radius 2 is 1.74 bits per heavy atom. The van der Waals surface area contributed by atoms with E-state index in [2.05, 4.69) is 36.8 Å². The molecule has 2 aromatic carbocycles. The molecule has 0 saturated carbocycles. The molecule has 0 aliphatic carbocycles. The van der Waals surface area contributed by atoms with Crippen molar-refractivity contribution in [1.82, 2.24) is 15.2 Å². The van der Waals surface area contributed by atoms with Gasteiger partial charge in [-0.2, -0.15) is 10.4 Å². The Labute approximate surface area is 206 Å². The van der Waals surface area contributed by atoms with Gasteiger partial charge in [0.1, 0.15) is 17.4 Å². The van der Waals surface area contributed by atoms with E-state index in [-0.39, 0.29) is 6.03 Å². The Balaban J connectivity index is 1.43.